The summed E-state index contributed by atoms with van der Waals surface area (Å²) in [4.78, 5) is 46.8. The van der Waals surface area contributed by atoms with Gasteiger partial charge in [0.2, 0.25) is 0 Å². The number of esters is 1. The van der Waals surface area contributed by atoms with Gasteiger partial charge in [-0.15, -0.1) is 0 Å². The van der Waals surface area contributed by atoms with Crippen LogP contribution in [0.4, 0.5) is 0 Å². The van der Waals surface area contributed by atoms with Crippen molar-refractivity contribution in [2.24, 2.45) is 5.92 Å². The van der Waals surface area contributed by atoms with Gasteiger partial charge in [0.25, 0.3) is 5.56 Å². The molecule has 0 unspecified atom stereocenters. The third kappa shape index (κ3) is 4.44. The zero-order valence-corrected chi connectivity index (χ0v) is 17.5. The van der Waals surface area contributed by atoms with Crippen LogP contribution in [0.1, 0.15) is 24.8 Å². The molecule has 1 saturated heterocycles. The number of piperidine rings is 1. The summed E-state index contributed by atoms with van der Waals surface area (Å²) in [6.45, 7) is 4.18. The number of hydrogen-bond donors (Lipinski definition) is 1. The first-order valence-electron chi connectivity index (χ1n) is 10.6. The molecular formula is C23H26N4O4. The van der Waals surface area contributed by atoms with Crippen LogP contribution in [-0.2, 0) is 16.1 Å². The molecule has 4 rings (SSSR count). The van der Waals surface area contributed by atoms with Crippen molar-refractivity contribution in [1.82, 2.24) is 19.4 Å². The van der Waals surface area contributed by atoms with E-state index in [9.17, 15) is 14.4 Å². The van der Waals surface area contributed by atoms with Crippen LogP contribution < -0.4 is 11.2 Å². The van der Waals surface area contributed by atoms with Crippen LogP contribution in [0.15, 0.2) is 58.4 Å². The molecule has 1 aliphatic rings. The third-order valence-corrected chi connectivity index (χ3v) is 5.95. The Balaban J connectivity index is 1.51. The van der Waals surface area contributed by atoms with Crippen LogP contribution in [-0.4, -0.2) is 51.6 Å². The fourth-order valence-corrected chi connectivity index (χ4v) is 4.36. The van der Waals surface area contributed by atoms with Crippen molar-refractivity contribution in [2.45, 2.75) is 25.8 Å². The predicted molar refractivity (Wildman–Crippen MR) is 117 cm³/mol. The lowest BCUT2D eigenvalue weighted by Crippen LogP contribution is -2.46. The Morgan fingerprint density at radius 2 is 1.94 bits per heavy atom. The topological polar surface area (TPSA) is 97.3 Å². The molecule has 2 atom stereocenters. The number of likely N-dealkylation sites (tertiary alicyclic amines) is 1. The highest BCUT2D eigenvalue weighted by molar-refractivity contribution is 5.77. The van der Waals surface area contributed by atoms with Gasteiger partial charge in [0.05, 0.1) is 23.4 Å². The van der Waals surface area contributed by atoms with Gasteiger partial charge in [-0.3, -0.25) is 19.1 Å². The number of aromatic amines is 1. The van der Waals surface area contributed by atoms with E-state index < -0.39 is 5.69 Å². The zero-order valence-electron chi connectivity index (χ0n) is 17.5. The fourth-order valence-electron chi connectivity index (χ4n) is 4.36. The molecule has 1 aliphatic heterocycles. The van der Waals surface area contributed by atoms with Gasteiger partial charge in [-0.25, -0.2) is 4.79 Å². The van der Waals surface area contributed by atoms with Crippen LogP contribution in [0, 0.1) is 5.92 Å². The quantitative estimate of drug-likeness (QED) is 0.608. The van der Waals surface area contributed by atoms with Gasteiger partial charge >= 0.3 is 11.7 Å². The lowest BCUT2D eigenvalue weighted by atomic mass is 9.80. The summed E-state index contributed by atoms with van der Waals surface area (Å²) in [6, 6.07) is 10.9. The molecule has 0 spiro atoms. The van der Waals surface area contributed by atoms with Crippen molar-refractivity contribution in [1.29, 1.82) is 0 Å². The summed E-state index contributed by atoms with van der Waals surface area (Å²) in [5.74, 6) is -0.456. The average molecular weight is 422 g/mol. The van der Waals surface area contributed by atoms with E-state index in [4.69, 9.17) is 4.74 Å². The minimum atomic E-state index is -0.419. The van der Waals surface area contributed by atoms with Crippen LogP contribution >= 0.6 is 0 Å². The van der Waals surface area contributed by atoms with Gasteiger partial charge in [0.1, 0.15) is 0 Å². The number of carbonyl (C=O) groups is 1. The Morgan fingerprint density at radius 3 is 2.71 bits per heavy atom. The van der Waals surface area contributed by atoms with Gasteiger partial charge in [-0.1, -0.05) is 12.1 Å². The molecule has 0 radical (unpaired) electrons. The molecule has 1 N–H and O–H groups in total. The Bertz CT molecular complexity index is 1170. The van der Waals surface area contributed by atoms with Gasteiger partial charge in [0.15, 0.2) is 0 Å². The molecule has 8 heteroatoms. The minimum Gasteiger partial charge on any atom is -0.466 e. The second kappa shape index (κ2) is 9.26. The van der Waals surface area contributed by atoms with E-state index in [1.165, 1.54) is 4.57 Å². The number of para-hydroxylation sites is 1. The van der Waals surface area contributed by atoms with Crippen molar-refractivity contribution in [3.05, 3.63) is 75.2 Å². The Kier molecular flexibility index (Phi) is 6.27. The van der Waals surface area contributed by atoms with E-state index in [1.54, 1.807) is 43.6 Å². The van der Waals surface area contributed by atoms with Gasteiger partial charge in [-0.05, 0) is 55.6 Å². The number of hydrogen-bond acceptors (Lipinski definition) is 6. The number of fused-ring (bicyclic) bond motifs is 1. The summed E-state index contributed by atoms with van der Waals surface area (Å²) < 4.78 is 6.57. The van der Waals surface area contributed by atoms with Crippen molar-refractivity contribution in [3.8, 4) is 0 Å². The molecule has 1 aromatic carbocycles. The SMILES string of the molecule is CCOC(=O)[C@H]1CN(CCn2c(=O)[nH]c3ccccc3c2=O)CC[C@H]1c1ccncc1. The molecule has 1 fully saturated rings. The smallest absolute Gasteiger partial charge is 0.328 e. The highest BCUT2D eigenvalue weighted by atomic mass is 16.5. The second-order valence-corrected chi connectivity index (χ2v) is 7.77. The Hall–Kier alpha value is -3.26. The van der Waals surface area contributed by atoms with Crippen molar-refractivity contribution >= 4 is 16.9 Å². The first kappa shape index (κ1) is 21.0. The van der Waals surface area contributed by atoms with E-state index in [0.717, 1.165) is 18.5 Å². The van der Waals surface area contributed by atoms with Crippen LogP contribution in [0.25, 0.3) is 10.9 Å². The van der Waals surface area contributed by atoms with Gasteiger partial charge in [0, 0.05) is 32.0 Å². The number of H-pyrrole nitrogens is 1. The summed E-state index contributed by atoms with van der Waals surface area (Å²) in [7, 11) is 0. The van der Waals surface area contributed by atoms with Gasteiger partial charge < -0.3 is 14.6 Å². The highest BCUT2D eigenvalue weighted by Crippen LogP contribution is 2.33. The number of ether oxygens (including phenoxy) is 1. The van der Waals surface area contributed by atoms with Crippen LogP contribution in [0.3, 0.4) is 0 Å². The van der Waals surface area contributed by atoms with Crippen molar-refractivity contribution in [2.75, 3.05) is 26.2 Å². The van der Waals surface area contributed by atoms with Gasteiger partial charge in [-0.2, -0.15) is 0 Å². The van der Waals surface area contributed by atoms with Crippen molar-refractivity contribution < 1.29 is 9.53 Å². The summed E-state index contributed by atoms with van der Waals surface area (Å²) in [5, 5.41) is 0.489. The number of carbonyl (C=O) groups excluding carboxylic acids is 1. The third-order valence-electron chi connectivity index (χ3n) is 5.95. The van der Waals surface area contributed by atoms with E-state index >= 15 is 0 Å². The first-order chi connectivity index (χ1) is 15.1. The number of nitrogens with one attached hydrogen (secondary N) is 1. The van der Waals surface area contributed by atoms with Crippen LogP contribution in [0.2, 0.25) is 0 Å². The normalized spacial score (nSPS) is 19.4. The number of aromatic nitrogens is 3. The number of rotatable bonds is 6. The standard InChI is InChI=1S/C23H26N4O4/c1-2-31-22(29)19-15-26(12-9-17(19)16-7-10-24-11-8-16)13-14-27-21(28)18-5-3-4-6-20(18)25-23(27)30/h3-8,10-11,17,19H,2,9,12-15H2,1H3,(H,25,30)/t17-,19-/m0/s1. The molecule has 0 aliphatic carbocycles. The largest absolute Gasteiger partial charge is 0.466 e. The summed E-state index contributed by atoms with van der Waals surface area (Å²) in [5.41, 5.74) is 0.898. The number of benzene rings is 1. The molecule has 0 bridgehead atoms. The maximum absolute atomic E-state index is 12.8. The summed E-state index contributed by atoms with van der Waals surface area (Å²) in [6.07, 6.45) is 4.27. The predicted octanol–water partition coefficient (Wildman–Crippen LogP) is 1.75. The van der Waals surface area contributed by atoms with E-state index in [1.807, 2.05) is 12.1 Å². The average Bonchev–Trinajstić information content (AvgIpc) is 2.79. The fraction of sp³-hybridized carbons (Fsp3) is 0.391. The monoisotopic (exact) mass is 422 g/mol. The molecule has 0 saturated carbocycles. The lowest BCUT2D eigenvalue weighted by molar-refractivity contribution is -0.150. The molecule has 3 aromatic rings. The lowest BCUT2D eigenvalue weighted by Gasteiger charge is -2.37. The van der Waals surface area contributed by atoms with E-state index in [-0.39, 0.29) is 29.9 Å². The van der Waals surface area contributed by atoms with E-state index in [2.05, 4.69) is 14.9 Å². The van der Waals surface area contributed by atoms with Crippen LogP contribution in [0.5, 0.6) is 0 Å². The molecule has 0 amide bonds. The molecule has 31 heavy (non-hydrogen) atoms. The first-order valence-corrected chi connectivity index (χ1v) is 10.6. The van der Waals surface area contributed by atoms with Crippen molar-refractivity contribution in [3.63, 3.8) is 0 Å². The zero-order chi connectivity index (χ0) is 21.8. The minimum absolute atomic E-state index is 0.0603. The molecular weight excluding hydrogens is 396 g/mol. The maximum atomic E-state index is 12.8. The second-order valence-electron chi connectivity index (χ2n) is 7.77. The number of pyridine rings is 1. The Morgan fingerprint density at radius 1 is 1.16 bits per heavy atom. The summed E-state index contributed by atoms with van der Waals surface area (Å²) >= 11 is 0. The molecule has 2 aromatic heterocycles. The molecule has 162 valence electrons. The van der Waals surface area contributed by atoms with E-state index in [0.29, 0.717) is 30.6 Å². The number of nitrogens with zero attached hydrogens (tertiary/aromatic N) is 3. The molecule has 8 nitrogen and oxygen atoms in total. The molecule has 3 heterocycles. The maximum Gasteiger partial charge on any atom is 0.328 e. The Labute approximate surface area is 179 Å². The highest BCUT2D eigenvalue weighted by Gasteiger charge is 2.36.